The second kappa shape index (κ2) is 6.41. The Morgan fingerprint density at radius 2 is 2.00 bits per heavy atom. The van der Waals surface area contributed by atoms with E-state index in [-0.39, 0.29) is 40.8 Å². The van der Waals surface area contributed by atoms with Crippen LogP contribution in [0, 0.1) is 45.8 Å². The topological polar surface area (TPSA) is 63.6 Å². The second-order valence-corrected chi connectivity index (χ2v) is 10.4. The van der Waals surface area contributed by atoms with E-state index < -0.39 is 16.9 Å². The molecule has 9 atom stereocenters. The highest BCUT2D eigenvalue weighted by Gasteiger charge is 2.70. The van der Waals surface area contributed by atoms with E-state index in [9.17, 15) is 14.7 Å². The summed E-state index contributed by atoms with van der Waals surface area (Å²) in [6.07, 6.45) is 9.15. The maximum atomic E-state index is 13.1. The molecule has 1 N–H and O–H groups in total. The summed E-state index contributed by atoms with van der Waals surface area (Å²) in [5.74, 6) is 0.840. The molecule has 4 aliphatic rings. The Hall–Kier alpha value is -1.68. The summed E-state index contributed by atoms with van der Waals surface area (Å²) in [5.41, 5.74) is -0.335. The van der Waals surface area contributed by atoms with Crippen molar-refractivity contribution in [1.29, 1.82) is 0 Å². The third-order valence-electron chi connectivity index (χ3n) is 9.38. The molecule has 0 radical (unpaired) electrons. The van der Waals surface area contributed by atoms with Crippen LogP contribution >= 0.6 is 0 Å². The first-order chi connectivity index (χ1) is 13.6. The summed E-state index contributed by atoms with van der Waals surface area (Å²) < 4.78 is 5.27. The predicted octanol–water partition coefficient (Wildman–Crippen LogP) is 4.10. The lowest BCUT2D eigenvalue weighted by atomic mass is 9.43. The van der Waals surface area contributed by atoms with Gasteiger partial charge in [-0.15, -0.1) is 6.58 Å². The van der Waals surface area contributed by atoms with E-state index in [0.717, 1.165) is 18.4 Å². The number of ketones is 1. The van der Waals surface area contributed by atoms with Crippen molar-refractivity contribution in [3.05, 3.63) is 36.5 Å². The third-order valence-corrected chi connectivity index (χ3v) is 9.38. The monoisotopic (exact) mass is 398 g/mol. The van der Waals surface area contributed by atoms with Gasteiger partial charge >= 0.3 is 5.97 Å². The van der Waals surface area contributed by atoms with E-state index in [2.05, 4.69) is 34.3 Å². The van der Waals surface area contributed by atoms with Crippen LogP contribution in [0.2, 0.25) is 0 Å². The molecule has 4 heteroatoms. The fourth-order valence-corrected chi connectivity index (χ4v) is 8.26. The van der Waals surface area contributed by atoms with Crippen LogP contribution in [0.1, 0.15) is 47.0 Å². The van der Waals surface area contributed by atoms with Gasteiger partial charge in [-0.05, 0) is 60.5 Å². The molecule has 4 nitrogen and oxygen atoms in total. The summed E-state index contributed by atoms with van der Waals surface area (Å²) >= 11 is 0. The lowest BCUT2D eigenvalue weighted by molar-refractivity contribution is -0.172. The molecule has 0 bridgehead atoms. The van der Waals surface area contributed by atoms with Crippen LogP contribution in [-0.4, -0.2) is 30.1 Å². The van der Waals surface area contributed by atoms with Crippen molar-refractivity contribution in [3.63, 3.8) is 0 Å². The Bertz CT molecular complexity index is 825. The maximum absolute atomic E-state index is 13.1. The van der Waals surface area contributed by atoms with Gasteiger partial charge in [-0.25, -0.2) is 0 Å². The summed E-state index contributed by atoms with van der Waals surface area (Å²) in [5, 5.41) is 11.5. The molecular weight excluding hydrogens is 364 g/mol. The molecule has 0 aliphatic heterocycles. The number of aliphatic hydroxyl groups excluding tert-OH is 1. The van der Waals surface area contributed by atoms with Crippen LogP contribution < -0.4 is 0 Å². The van der Waals surface area contributed by atoms with Gasteiger partial charge in [0.15, 0.2) is 5.78 Å². The van der Waals surface area contributed by atoms with Gasteiger partial charge in [-0.3, -0.25) is 9.59 Å². The molecule has 3 saturated carbocycles. The average molecular weight is 399 g/mol. The number of carbonyl (C=O) groups excluding carboxylic acids is 2. The quantitative estimate of drug-likeness (QED) is 0.562. The van der Waals surface area contributed by atoms with Crippen molar-refractivity contribution in [3.8, 4) is 0 Å². The highest BCUT2D eigenvalue weighted by Crippen LogP contribution is 2.71. The highest BCUT2D eigenvalue weighted by atomic mass is 16.5. The lowest BCUT2D eigenvalue weighted by Gasteiger charge is -2.61. The summed E-state index contributed by atoms with van der Waals surface area (Å²) in [4.78, 5) is 25.1. The Balaban J connectivity index is 1.84. The Morgan fingerprint density at radius 1 is 1.31 bits per heavy atom. The number of rotatable bonds is 2. The molecule has 0 amide bonds. The number of carbonyl (C=O) groups is 2. The number of hydrogen-bond acceptors (Lipinski definition) is 4. The zero-order valence-corrected chi connectivity index (χ0v) is 18.3. The molecule has 29 heavy (non-hydrogen) atoms. The molecule has 3 fully saturated rings. The lowest BCUT2D eigenvalue weighted by Crippen LogP contribution is -2.60. The number of aliphatic hydroxyl groups is 1. The fraction of sp³-hybridized carbons (Fsp3) is 0.680. The molecule has 0 spiro atoms. The van der Waals surface area contributed by atoms with Crippen molar-refractivity contribution >= 4 is 11.8 Å². The number of allylic oxidation sites excluding steroid dienone is 4. The molecule has 4 aliphatic carbocycles. The zero-order chi connectivity index (χ0) is 21.4. The number of ether oxygens (including phenoxy) is 1. The van der Waals surface area contributed by atoms with Crippen LogP contribution in [0.25, 0.3) is 0 Å². The molecular formula is C25H34O4. The number of methoxy groups -OCH3 is 1. The van der Waals surface area contributed by atoms with Crippen molar-refractivity contribution in [2.24, 2.45) is 45.8 Å². The van der Waals surface area contributed by atoms with Gasteiger partial charge in [0.25, 0.3) is 0 Å². The van der Waals surface area contributed by atoms with Crippen LogP contribution in [-0.2, 0) is 14.3 Å². The van der Waals surface area contributed by atoms with Gasteiger partial charge in [0, 0.05) is 11.3 Å². The largest absolute Gasteiger partial charge is 0.468 e. The highest BCUT2D eigenvalue weighted by molar-refractivity contribution is 6.01. The van der Waals surface area contributed by atoms with E-state index >= 15 is 0 Å². The van der Waals surface area contributed by atoms with Crippen LogP contribution in [0.15, 0.2) is 36.5 Å². The zero-order valence-electron chi connectivity index (χ0n) is 18.3. The van der Waals surface area contributed by atoms with Gasteiger partial charge < -0.3 is 9.84 Å². The van der Waals surface area contributed by atoms with Gasteiger partial charge in [-0.1, -0.05) is 45.4 Å². The number of hydrogen-bond donors (Lipinski definition) is 1. The van der Waals surface area contributed by atoms with Crippen LogP contribution in [0.5, 0.6) is 0 Å². The molecule has 0 aromatic heterocycles. The minimum absolute atomic E-state index is 0.0452. The average Bonchev–Trinajstić information content (AvgIpc) is 2.89. The summed E-state index contributed by atoms with van der Waals surface area (Å²) in [6.45, 7) is 12.7. The maximum Gasteiger partial charge on any atom is 0.316 e. The molecule has 0 aromatic rings. The van der Waals surface area contributed by atoms with E-state index in [4.69, 9.17) is 4.74 Å². The Morgan fingerprint density at radius 3 is 2.62 bits per heavy atom. The molecule has 0 heterocycles. The third kappa shape index (κ3) is 2.35. The first kappa shape index (κ1) is 20.6. The van der Waals surface area contributed by atoms with Crippen molar-refractivity contribution < 1.29 is 19.4 Å². The normalized spacial score (nSPS) is 50.8. The van der Waals surface area contributed by atoms with E-state index in [1.165, 1.54) is 7.11 Å². The van der Waals surface area contributed by atoms with Gasteiger partial charge in [0.2, 0.25) is 0 Å². The van der Waals surface area contributed by atoms with Crippen molar-refractivity contribution in [1.82, 2.24) is 0 Å². The Kier molecular flexibility index (Phi) is 4.55. The predicted molar refractivity (Wildman–Crippen MR) is 112 cm³/mol. The second-order valence-electron chi connectivity index (χ2n) is 10.4. The van der Waals surface area contributed by atoms with E-state index in [0.29, 0.717) is 12.3 Å². The van der Waals surface area contributed by atoms with Gasteiger partial charge in [0.05, 0.1) is 18.6 Å². The minimum atomic E-state index is -0.781. The first-order valence-electron chi connectivity index (χ1n) is 10.9. The van der Waals surface area contributed by atoms with E-state index in [1.807, 2.05) is 6.08 Å². The van der Waals surface area contributed by atoms with Crippen LogP contribution in [0.4, 0.5) is 0 Å². The van der Waals surface area contributed by atoms with Crippen LogP contribution in [0.3, 0.4) is 0 Å². The first-order valence-corrected chi connectivity index (χ1v) is 10.9. The standard InChI is InChI=1S/C25H34O4/c1-7-25(22(28)29-6)15(3)11-19-17-10-14(2)18-12-16(26)8-9-23(18,4)21(17)20(27)13-24(19,25)5/h7-9,12,14-15,17,19-21,27H,1,10-11,13H2,2-6H3/t14-,15+,17?,19?,20-,21?,23-,24-,25+/m0/s1. The SMILES string of the molecule is C=C[C@]1(C(=O)OC)[C@H](C)CC2C3C[C@H](C)C4=CC(=O)C=C[C@]4(C)C3[C@@H](O)C[C@@]21C. The molecule has 0 saturated heterocycles. The molecule has 0 aromatic carbocycles. The molecule has 3 unspecified atom stereocenters. The van der Waals surface area contributed by atoms with E-state index in [1.54, 1.807) is 18.2 Å². The van der Waals surface area contributed by atoms with Gasteiger partial charge in [0.1, 0.15) is 0 Å². The van der Waals surface area contributed by atoms with Crippen molar-refractivity contribution in [2.75, 3.05) is 7.11 Å². The fourth-order valence-electron chi connectivity index (χ4n) is 8.26. The molecule has 158 valence electrons. The van der Waals surface area contributed by atoms with Crippen molar-refractivity contribution in [2.45, 2.75) is 53.1 Å². The molecule has 4 rings (SSSR count). The van der Waals surface area contributed by atoms with Gasteiger partial charge in [-0.2, -0.15) is 0 Å². The summed E-state index contributed by atoms with van der Waals surface area (Å²) in [7, 11) is 1.45. The smallest absolute Gasteiger partial charge is 0.316 e. The summed E-state index contributed by atoms with van der Waals surface area (Å²) in [6, 6.07) is 0. The number of fused-ring (bicyclic) bond motifs is 5. The minimum Gasteiger partial charge on any atom is -0.468 e. The number of esters is 1. The Labute approximate surface area is 174 Å².